The minimum Gasteiger partial charge on any atom is -0.289 e. The first kappa shape index (κ1) is 11.7. The van der Waals surface area contributed by atoms with Crippen molar-refractivity contribution in [1.29, 1.82) is 10.8 Å². The van der Waals surface area contributed by atoms with E-state index in [-0.39, 0.29) is 45.2 Å². The predicted octanol–water partition coefficient (Wildman–Crippen LogP) is 3.43. The second-order valence-electron chi connectivity index (χ2n) is 4.32. The summed E-state index contributed by atoms with van der Waals surface area (Å²) in [5, 5.41) is 17.5. The van der Waals surface area contributed by atoms with Crippen molar-refractivity contribution in [3.63, 3.8) is 0 Å². The molecule has 0 N–H and O–H groups in total. The van der Waals surface area contributed by atoms with Crippen molar-refractivity contribution in [3.05, 3.63) is 68.6 Å². The molecule has 3 rings (SSSR count). The van der Waals surface area contributed by atoms with Crippen LogP contribution in [0.15, 0.2) is 36.4 Å². The lowest BCUT2D eigenvalue weighted by molar-refractivity contribution is 0.0979. The lowest BCUT2D eigenvalue weighted by Crippen LogP contribution is -2.20. The third-order valence-electron chi connectivity index (χ3n) is 3.22. The summed E-state index contributed by atoms with van der Waals surface area (Å²) in [4.78, 5) is 30.7. The Morgan fingerprint density at radius 1 is 0.650 bits per heavy atom. The fourth-order valence-electron chi connectivity index (χ4n) is 2.25. The van der Waals surface area contributed by atoms with Crippen LogP contribution in [0.1, 0.15) is 31.8 Å². The molecule has 2 aromatic rings. The Balaban J connectivity index is 2.28. The largest absolute Gasteiger partial charge is 0.385 e. The van der Waals surface area contributed by atoms with Gasteiger partial charge in [-0.1, -0.05) is 0 Å². The quantitative estimate of drug-likeness (QED) is 0.580. The second kappa shape index (κ2) is 4.08. The fourth-order valence-corrected chi connectivity index (χ4v) is 2.25. The average molecular weight is 262 g/mol. The maximum absolute atomic E-state index is 12.4. The van der Waals surface area contributed by atoms with E-state index >= 15 is 0 Å². The Bertz CT molecular complexity index is 798. The molecule has 0 heterocycles. The topological polar surface area (TPSA) is 90.4 Å². The number of ketones is 2. The average Bonchev–Trinajstić information content (AvgIpc) is 2.51. The Hall–Kier alpha value is -3.38. The van der Waals surface area contributed by atoms with Crippen LogP contribution in [0.3, 0.4) is 0 Å². The van der Waals surface area contributed by atoms with Gasteiger partial charge < -0.3 is 0 Å². The van der Waals surface area contributed by atoms with Gasteiger partial charge in [-0.2, -0.15) is 0 Å². The highest BCUT2D eigenvalue weighted by molar-refractivity contribution is 6.28. The molecular formula is C14H6N4O2+2. The molecule has 0 saturated carbocycles. The van der Waals surface area contributed by atoms with Gasteiger partial charge in [-0.25, -0.2) is 0 Å². The zero-order valence-corrected chi connectivity index (χ0v) is 10.1. The summed E-state index contributed by atoms with van der Waals surface area (Å²) in [6, 6.07) is 8.49. The summed E-state index contributed by atoms with van der Waals surface area (Å²) in [7, 11) is 0. The van der Waals surface area contributed by atoms with E-state index in [0.717, 1.165) is 0 Å². The molecular weight excluding hydrogens is 256 g/mol. The van der Waals surface area contributed by atoms with Gasteiger partial charge in [0.15, 0.2) is 21.5 Å². The van der Waals surface area contributed by atoms with Crippen molar-refractivity contribution in [1.82, 2.24) is 0 Å². The van der Waals surface area contributed by atoms with Gasteiger partial charge in [0.05, 0.1) is 0 Å². The minimum absolute atomic E-state index is 0.200. The number of diazo groups is 2. The Morgan fingerprint density at radius 3 is 1.40 bits per heavy atom. The van der Waals surface area contributed by atoms with E-state index in [0.29, 0.717) is 0 Å². The van der Waals surface area contributed by atoms with Gasteiger partial charge in [-0.05, 0) is 12.1 Å². The van der Waals surface area contributed by atoms with Crippen LogP contribution in [0.2, 0.25) is 0 Å². The normalized spacial score (nSPS) is 12.1. The molecule has 1 aliphatic rings. The molecule has 20 heavy (non-hydrogen) atoms. The number of carbonyl (C=O) groups excluding carboxylic acids is 2. The van der Waals surface area contributed by atoms with E-state index < -0.39 is 0 Å². The summed E-state index contributed by atoms with van der Waals surface area (Å²) in [5.74, 6) is -0.658. The van der Waals surface area contributed by atoms with Crippen LogP contribution >= 0.6 is 0 Å². The van der Waals surface area contributed by atoms with Crippen molar-refractivity contribution >= 4 is 22.9 Å². The van der Waals surface area contributed by atoms with E-state index in [1.165, 1.54) is 36.4 Å². The maximum Gasteiger partial charge on any atom is 0.385 e. The standard InChI is InChI=1S/C14H6N4O2/c15-17-7-1-3-9-11(5-7)14(20)10-4-2-8(18-16)6-12(10)13(9)19/h1-6H/q+2. The monoisotopic (exact) mass is 262 g/mol. The van der Waals surface area contributed by atoms with Crippen molar-refractivity contribution < 1.29 is 9.59 Å². The predicted molar refractivity (Wildman–Crippen MR) is 69.2 cm³/mol. The lowest BCUT2D eigenvalue weighted by atomic mass is 9.83. The van der Waals surface area contributed by atoms with Gasteiger partial charge in [0.25, 0.3) is 0 Å². The Kier molecular flexibility index (Phi) is 2.38. The van der Waals surface area contributed by atoms with E-state index in [9.17, 15) is 9.59 Å². The molecule has 1 aliphatic carbocycles. The maximum atomic E-state index is 12.4. The zero-order valence-electron chi connectivity index (χ0n) is 10.1. The summed E-state index contributed by atoms with van der Waals surface area (Å²) in [5.41, 5.74) is 1.29. The lowest BCUT2D eigenvalue weighted by Gasteiger charge is -2.15. The summed E-state index contributed by atoms with van der Waals surface area (Å²) < 4.78 is 0. The number of carbonyl (C=O) groups is 2. The molecule has 0 fully saturated rings. The summed E-state index contributed by atoms with van der Waals surface area (Å²) in [6.45, 7) is 0. The zero-order chi connectivity index (χ0) is 14.3. The van der Waals surface area contributed by atoms with Crippen LogP contribution in [0, 0.1) is 10.8 Å². The Labute approximate surface area is 112 Å². The number of rotatable bonds is 0. The summed E-state index contributed by atoms with van der Waals surface area (Å²) in [6.07, 6.45) is 0. The third-order valence-corrected chi connectivity index (χ3v) is 3.22. The van der Waals surface area contributed by atoms with Gasteiger partial charge in [-0.3, -0.25) is 9.59 Å². The molecule has 6 nitrogen and oxygen atoms in total. The molecule has 0 atom stereocenters. The number of benzene rings is 2. The molecule has 2 aromatic carbocycles. The van der Waals surface area contributed by atoms with E-state index in [4.69, 9.17) is 10.8 Å². The van der Waals surface area contributed by atoms with Crippen LogP contribution in [0.4, 0.5) is 11.4 Å². The number of nitrogens with zero attached hydrogens (tertiary/aromatic N) is 4. The summed E-state index contributed by atoms with van der Waals surface area (Å²) >= 11 is 0. The SMILES string of the molecule is N#[N+]c1ccc2c(c1)C(=O)c1ccc([N+]#N)cc1C2=O. The van der Waals surface area contributed by atoms with Crippen LogP contribution in [-0.2, 0) is 0 Å². The van der Waals surface area contributed by atoms with Crippen molar-refractivity contribution in [2.24, 2.45) is 0 Å². The highest BCUT2D eigenvalue weighted by Gasteiger charge is 2.32. The van der Waals surface area contributed by atoms with E-state index in [2.05, 4.69) is 9.95 Å². The first-order chi connectivity index (χ1) is 9.65. The van der Waals surface area contributed by atoms with Gasteiger partial charge in [0.2, 0.25) is 10.8 Å². The molecule has 0 aliphatic heterocycles. The highest BCUT2D eigenvalue weighted by atomic mass is 16.1. The molecule has 0 amide bonds. The van der Waals surface area contributed by atoms with E-state index in [1.807, 2.05) is 0 Å². The second-order valence-corrected chi connectivity index (χ2v) is 4.32. The molecule has 0 aromatic heterocycles. The molecule has 6 heteroatoms. The van der Waals surface area contributed by atoms with E-state index in [1.54, 1.807) is 0 Å². The number of hydrogen-bond acceptors (Lipinski definition) is 4. The molecule has 0 bridgehead atoms. The first-order valence-electron chi connectivity index (χ1n) is 5.73. The molecule has 0 radical (unpaired) electrons. The Morgan fingerprint density at radius 2 is 1.05 bits per heavy atom. The molecule has 0 saturated heterocycles. The number of fused-ring (bicyclic) bond motifs is 2. The van der Waals surface area contributed by atoms with Gasteiger partial charge in [0, 0.05) is 46.5 Å². The molecule has 92 valence electrons. The van der Waals surface area contributed by atoms with Crippen LogP contribution in [0.25, 0.3) is 9.95 Å². The minimum atomic E-state index is -0.329. The van der Waals surface area contributed by atoms with Gasteiger partial charge in [0.1, 0.15) is 0 Å². The molecule has 0 unspecified atom stereocenters. The fraction of sp³-hybridized carbons (Fsp3) is 0. The van der Waals surface area contributed by atoms with Crippen molar-refractivity contribution in [2.75, 3.05) is 0 Å². The number of hydrogen-bond donors (Lipinski definition) is 0. The first-order valence-corrected chi connectivity index (χ1v) is 5.73. The van der Waals surface area contributed by atoms with Gasteiger partial charge >= 0.3 is 11.4 Å². The smallest absolute Gasteiger partial charge is 0.289 e. The van der Waals surface area contributed by atoms with Crippen LogP contribution < -0.4 is 0 Å². The van der Waals surface area contributed by atoms with Crippen molar-refractivity contribution in [3.8, 4) is 0 Å². The van der Waals surface area contributed by atoms with Crippen molar-refractivity contribution in [2.45, 2.75) is 0 Å². The van der Waals surface area contributed by atoms with Gasteiger partial charge in [-0.15, -0.1) is 0 Å². The highest BCUT2D eigenvalue weighted by Crippen LogP contribution is 2.31. The van der Waals surface area contributed by atoms with Crippen LogP contribution in [0.5, 0.6) is 0 Å². The molecule has 0 spiro atoms. The third kappa shape index (κ3) is 1.49. The van der Waals surface area contributed by atoms with Crippen LogP contribution in [-0.4, -0.2) is 11.6 Å².